The molecule has 0 radical (unpaired) electrons. The van der Waals surface area contributed by atoms with Crippen LogP contribution in [-0.2, 0) is 16.1 Å². The van der Waals surface area contributed by atoms with Crippen molar-refractivity contribution in [3.8, 4) is 11.5 Å². The smallest absolute Gasteiger partial charge is 0.231 e. The van der Waals surface area contributed by atoms with Gasteiger partial charge in [0.15, 0.2) is 11.5 Å². The highest BCUT2D eigenvalue weighted by molar-refractivity contribution is 5.75. The minimum Gasteiger partial charge on any atom is -0.454 e. The molecule has 1 aromatic carbocycles. The number of nitrogens with zero attached hydrogens (tertiary/aromatic N) is 2. The summed E-state index contributed by atoms with van der Waals surface area (Å²) in [5.41, 5.74) is 6.40. The van der Waals surface area contributed by atoms with Crippen molar-refractivity contribution in [2.24, 2.45) is 5.73 Å². The van der Waals surface area contributed by atoms with Crippen LogP contribution in [0.3, 0.4) is 0 Å². The van der Waals surface area contributed by atoms with Crippen molar-refractivity contribution in [2.75, 3.05) is 46.6 Å². The SMILES string of the molecule is CN1CCO[C@H](CN(CC(N)=O)Cc2cccc3c2OCO3)C1. The van der Waals surface area contributed by atoms with Crippen LogP contribution in [0.5, 0.6) is 11.5 Å². The molecule has 1 fully saturated rings. The minimum absolute atomic E-state index is 0.0713. The molecule has 2 aliphatic heterocycles. The number of para-hydroxylation sites is 1. The number of hydrogen-bond acceptors (Lipinski definition) is 6. The van der Waals surface area contributed by atoms with E-state index in [1.54, 1.807) is 0 Å². The van der Waals surface area contributed by atoms with E-state index in [1.807, 2.05) is 23.1 Å². The van der Waals surface area contributed by atoms with Crippen molar-refractivity contribution in [3.63, 3.8) is 0 Å². The van der Waals surface area contributed by atoms with Gasteiger partial charge in [-0.3, -0.25) is 9.69 Å². The summed E-state index contributed by atoms with van der Waals surface area (Å²) < 4.78 is 16.7. The lowest BCUT2D eigenvalue weighted by atomic mass is 10.1. The van der Waals surface area contributed by atoms with Gasteiger partial charge in [0.2, 0.25) is 12.7 Å². The van der Waals surface area contributed by atoms with Gasteiger partial charge >= 0.3 is 0 Å². The fraction of sp³-hybridized carbons (Fsp3) is 0.562. The molecule has 3 rings (SSSR count). The van der Waals surface area contributed by atoms with E-state index >= 15 is 0 Å². The number of ether oxygens (including phenoxy) is 3. The number of fused-ring (bicyclic) bond motifs is 1. The first-order valence-electron chi connectivity index (χ1n) is 7.80. The highest BCUT2D eigenvalue weighted by atomic mass is 16.7. The van der Waals surface area contributed by atoms with Gasteiger partial charge in [0, 0.05) is 31.7 Å². The summed E-state index contributed by atoms with van der Waals surface area (Å²) in [6.07, 6.45) is 0.0713. The molecule has 1 atom stereocenters. The van der Waals surface area contributed by atoms with Crippen LogP contribution in [0.4, 0.5) is 0 Å². The highest BCUT2D eigenvalue weighted by Crippen LogP contribution is 2.35. The van der Waals surface area contributed by atoms with Crippen LogP contribution >= 0.6 is 0 Å². The second-order valence-electron chi connectivity index (χ2n) is 6.04. The standard InChI is InChI=1S/C16H23N3O4/c1-18-5-6-21-13(8-18)9-19(10-15(17)20)7-12-3-2-4-14-16(12)23-11-22-14/h2-4,13H,5-11H2,1H3,(H2,17,20)/t13-/m0/s1. The topological polar surface area (TPSA) is 77.3 Å². The number of benzene rings is 1. The molecule has 1 aromatic rings. The Balaban J connectivity index is 1.69. The van der Waals surface area contributed by atoms with E-state index in [0.29, 0.717) is 19.7 Å². The third-order valence-electron chi connectivity index (χ3n) is 4.06. The van der Waals surface area contributed by atoms with E-state index in [9.17, 15) is 4.79 Å². The van der Waals surface area contributed by atoms with Gasteiger partial charge in [-0.1, -0.05) is 12.1 Å². The Morgan fingerprint density at radius 1 is 1.43 bits per heavy atom. The molecule has 0 aromatic heterocycles. The third kappa shape index (κ3) is 4.13. The summed E-state index contributed by atoms with van der Waals surface area (Å²) in [6.45, 7) is 4.14. The Labute approximate surface area is 135 Å². The number of carbonyl (C=O) groups is 1. The van der Waals surface area contributed by atoms with E-state index in [2.05, 4.69) is 11.9 Å². The molecule has 0 unspecified atom stereocenters. The highest BCUT2D eigenvalue weighted by Gasteiger charge is 2.24. The number of hydrogen-bond donors (Lipinski definition) is 1. The van der Waals surface area contributed by atoms with Crippen LogP contribution in [0.15, 0.2) is 18.2 Å². The molecule has 23 heavy (non-hydrogen) atoms. The zero-order valence-corrected chi connectivity index (χ0v) is 13.4. The lowest BCUT2D eigenvalue weighted by Gasteiger charge is -2.33. The van der Waals surface area contributed by atoms with Crippen molar-refractivity contribution >= 4 is 5.91 Å². The van der Waals surface area contributed by atoms with Gasteiger partial charge in [-0.05, 0) is 13.1 Å². The quantitative estimate of drug-likeness (QED) is 0.797. The molecule has 0 saturated carbocycles. The number of carbonyl (C=O) groups excluding carboxylic acids is 1. The zero-order chi connectivity index (χ0) is 16.2. The van der Waals surface area contributed by atoms with E-state index < -0.39 is 0 Å². The summed E-state index contributed by atoms with van der Waals surface area (Å²) in [7, 11) is 2.07. The van der Waals surface area contributed by atoms with Gasteiger partial charge < -0.3 is 24.8 Å². The molecule has 0 spiro atoms. The number of likely N-dealkylation sites (N-methyl/N-ethyl adjacent to an activating group) is 1. The van der Waals surface area contributed by atoms with Crippen molar-refractivity contribution < 1.29 is 19.0 Å². The predicted molar refractivity (Wildman–Crippen MR) is 84.3 cm³/mol. The lowest BCUT2D eigenvalue weighted by Crippen LogP contribution is -2.47. The molecule has 0 bridgehead atoms. The Hall–Kier alpha value is -1.83. The first kappa shape index (κ1) is 16.0. The van der Waals surface area contributed by atoms with E-state index in [1.165, 1.54) is 0 Å². The first-order valence-corrected chi connectivity index (χ1v) is 7.80. The molecule has 7 heteroatoms. The third-order valence-corrected chi connectivity index (χ3v) is 4.06. The molecular formula is C16H23N3O4. The van der Waals surface area contributed by atoms with E-state index in [-0.39, 0.29) is 25.3 Å². The summed E-state index contributed by atoms with van der Waals surface area (Å²) >= 11 is 0. The van der Waals surface area contributed by atoms with Crippen LogP contribution in [0.25, 0.3) is 0 Å². The van der Waals surface area contributed by atoms with Gasteiger partial charge in [0.1, 0.15) is 0 Å². The fourth-order valence-corrected chi connectivity index (χ4v) is 3.03. The van der Waals surface area contributed by atoms with Crippen LogP contribution < -0.4 is 15.2 Å². The van der Waals surface area contributed by atoms with Crippen LogP contribution in [0.1, 0.15) is 5.56 Å². The Bertz CT molecular complexity index is 566. The molecule has 2 aliphatic rings. The van der Waals surface area contributed by atoms with Crippen LogP contribution in [0, 0.1) is 0 Å². The normalized spacial score (nSPS) is 20.9. The zero-order valence-electron chi connectivity index (χ0n) is 13.4. The molecule has 7 nitrogen and oxygen atoms in total. The maximum Gasteiger partial charge on any atom is 0.231 e. The number of nitrogens with two attached hydrogens (primary N) is 1. The number of amides is 1. The average molecular weight is 321 g/mol. The van der Waals surface area contributed by atoms with E-state index in [4.69, 9.17) is 19.9 Å². The van der Waals surface area contributed by atoms with Gasteiger partial charge in [-0.2, -0.15) is 0 Å². The van der Waals surface area contributed by atoms with Crippen LogP contribution in [-0.4, -0.2) is 68.4 Å². The summed E-state index contributed by atoms with van der Waals surface area (Å²) in [5.74, 6) is 1.15. The number of morpholine rings is 1. The average Bonchev–Trinajstić information content (AvgIpc) is 2.96. The van der Waals surface area contributed by atoms with Gasteiger partial charge in [0.25, 0.3) is 0 Å². The lowest BCUT2D eigenvalue weighted by molar-refractivity contribution is -0.120. The van der Waals surface area contributed by atoms with Gasteiger partial charge in [-0.25, -0.2) is 0 Å². The van der Waals surface area contributed by atoms with Crippen molar-refractivity contribution in [1.29, 1.82) is 0 Å². The second-order valence-corrected chi connectivity index (χ2v) is 6.04. The minimum atomic E-state index is -0.348. The maximum absolute atomic E-state index is 11.4. The number of primary amides is 1. The molecule has 2 heterocycles. The molecule has 126 valence electrons. The first-order chi connectivity index (χ1) is 11.1. The summed E-state index contributed by atoms with van der Waals surface area (Å²) in [4.78, 5) is 15.6. The predicted octanol–water partition coefficient (Wildman–Crippen LogP) is 0.0332. The molecular weight excluding hydrogens is 298 g/mol. The summed E-state index contributed by atoms with van der Waals surface area (Å²) in [6, 6.07) is 5.79. The summed E-state index contributed by atoms with van der Waals surface area (Å²) in [5, 5.41) is 0. The largest absolute Gasteiger partial charge is 0.454 e. The Kier molecular flexibility index (Phi) is 5.00. The number of rotatable bonds is 6. The molecule has 2 N–H and O–H groups in total. The van der Waals surface area contributed by atoms with Crippen molar-refractivity contribution in [1.82, 2.24) is 9.80 Å². The fourth-order valence-electron chi connectivity index (χ4n) is 3.03. The Morgan fingerprint density at radius 2 is 2.30 bits per heavy atom. The van der Waals surface area contributed by atoms with Crippen LogP contribution in [0.2, 0.25) is 0 Å². The van der Waals surface area contributed by atoms with E-state index in [0.717, 1.165) is 30.2 Å². The van der Waals surface area contributed by atoms with Crippen molar-refractivity contribution in [3.05, 3.63) is 23.8 Å². The van der Waals surface area contributed by atoms with Crippen molar-refractivity contribution in [2.45, 2.75) is 12.6 Å². The van der Waals surface area contributed by atoms with Gasteiger partial charge in [-0.15, -0.1) is 0 Å². The second kappa shape index (κ2) is 7.16. The monoisotopic (exact) mass is 321 g/mol. The van der Waals surface area contributed by atoms with Gasteiger partial charge in [0.05, 0.1) is 19.3 Å². The molecule has 0 aliphatic carbocycles. The molecule has 1 amide bonds. The molecule has 1 saturated heterocycles. The Morgan fingerprint density at radius 3 is 3.09 bits per heavy atom. The maximum atomic E-state index is 11.4.